The van der Waals surface area contributed by atoms with Crippen molar-refractivity contribution in [2.24, 2.45) is 5.92 Å². The van der Waals surface area contributed by atoms with E-state index in [4.69, 9.17) is 16.6 Å². The van der Waals surface area contributed by atoms with Gasteiger partial charge in [0.2, 0.25) is 0 Å². The monoisotopic (exact) mass is 320 g/mol. The molecule has 122 valence electrons. The lowest BCUT2D eigenvalue weighted by molar-refractivity contribution is 0.439. The number of allylic oxidation sites excluding steroid dienone is 3. The normalized spacial score (nSPS) is 15.5. The van der Waals surface area contributed by atoms with E-state index >= 15 is 0 Å². The number of para-hydroxylation sites is 2. The summed E-state index contributed by atoms with van der Waals surface area (Å²) in [5, 5.41) is 18.2. The van der Waals surface area contributed by atoms with Crippen LogP contribution < -0.4 is 9.64 Å². The van der Waals surface area contributed by atoms with Crippen LogP contribution in [0.3, 0.4) is 0 Å². The van der Waals surface area contributed by atoms with Crippen LogP contribution >= 0.6 is 0 Å². The van der Waals surface area contributed by atoms with E-state index in [0.717, 1.165) is 11.4 Å². The summed E-state index contributed by atoms with van der Waals surface area (Å²) in [6.07, 6.45) is 2.20. The second-order valence-corrected chi connectivity index (χ2v) is 4.84. The van der Waals surface area contributed by atoms with Crippen LogP contribution in [0.5, 0.6) is 5.75 Å². The lowest BCUT2D eigenvalue weighted by atomic mass is 9.97. The number of nitrogens with zero attached hydrogens (tertiary/aromatic N) is 4. The molecule has 5 heteroatoms. The standard InChI is InChI=1S/C17H14N4O.C2H6/c1-12(14(11-19)20-2)13(10-18)8-9-17-21(3)15-6-4-5-7-16(15)22-17;1-2/h4-7,9,13H,8H2,1,3H3;1-2H3/b14-12-,17-9?;. The number of anilines is 1. The largest absolute Gasteiger partial charge is 0.439 e. The number of benzene rings is 1. The Hall–Kier alpha value is -3.23. The van der Waals surface area contributed by atoms with Gasteiger partial charge in [-0.25, -0.2) is 10.1 Å². The van der Waals surface area contributed by atoms with Crippen molar-refractivity contribution >= 4 is 5.69 Å². The highest BCUT2D eigenvalue weighted by molar-refractivity contribution is 5.65. The molecule has 0 aliphatic carbocycles. The molecule has 1 atom stereocenters. The van der Waals surface area contributed by atoms with Crippen LogP contribution in [0.4, 0.5) is 5.69 Å². The average molecular weight is 320 g/mol. The van der Waals surface area contributed by atoms with E-state index in [2.05, 4.69) is 10.9 Å². The molecule has 0 bridgehead atoms. The minimum Gasteiger partial charge on any atom is -0.439 e. The van der Waals surface area contributed by atoms with E-state index in [0.29, 0.717) is 17.9 Å². The maximum atomic E-state index is 9.27. The van der Waals surface area contributed by atoms with Crippen LogP contribution in [0.1, 0.15) is 27.2 Å². The molecule has 0 N–H and O–H groups in total. The number of nitriles is 2. The maximum absolute atomic E-state index is 9.27. The molecular weight excluding hydrogens is 300 g/mol. The summed E-state index contributed by atoms with van der Waals surface area (Å²) >= 11 is 0. The van der Waals surface area contributed by atoms with Crippen molar-refractivity contribution in [1.82, 2.24) is 0 Å². The number of hydrogen-bond acceptors (Lipinski definition) is 4. The highest BCUT2D eigenvalue weighted by atomic mass is 16.5. The molecule has 1 unspecified atom stereocenters. The molecule has 2 rings (SSSR count). The third kappa shape index (κ3) is 3.94. The maximum Gasteiger partial charge on any atom is 0.262 e. The number of rotatable bonds is 3. The molecule has 0 radical (unpaired) electrons. The molecule has 24 heavy (non-hydrogen) atoms. The first-order chi connectivity index (χ1) is 11.6. The summed E-state index contributed by atoms with van der Waals surface area (Å²) in [4.78, 5) is 5.06. The van der Waals surface area contributed by atoms with Crippen LogP contribution in [0.15, 0.2) is 47.5 Å². The topological polar surface area (TPSA) is 64.4 Å². The lowest BCUT2D eigenvalue weighted by Gasteiger charge is -2.12. The first-order valence-electron chi connectivity index (χ1n) is 7.71. The molecule has 0 saturated carbocycles. The zero-order valence-electron chi connectivity index (χ0n) is 14.4. The number of ether oxygens (including phenoxy) is 1. The highest BCUT2D eigenvalue weighted by Gasteiger charge is 2.23. The second kappa shape index (κ2) is 9.03. The Morgan fingerprint density at radius 1 is 1.38 bits per heavy atom. The van der Waals surface area contributed by atoms with Gasteiger partial charge in [-0.2, -0.15) is 5.26 Å². The third-order valence-corrected chi connectivity index (χ3v) is 3.57. The van der Waals surface area contributed by atoms with Crippen molar-refractivity contribution in [2.75, 3.05) is 11.9 Å². The summed E-state index contributed by atoms with van der Waals surface area (Å²) in [7, 11) is 1.89. The van der Waals surface area contributed by atoms with Gasteiger partial charge in [0.25, 0.3) is 5.70 Å². The fourth-order valence-electron chi connectivity index (χ4n) is 2.21. The molecule has 1 aliphatic rings. The Balaban J connectivity index is 0.00000139. The zero-order valence-corrected chi connectivity index (χ0v) is 14.4. The van der Waals surface area contributed by atoms with E-state index in [1.165, 1.54) is 0 Å². The predicted molar refractivity (Wildman–Crippen MR) is 93.5 cm³/mol. The zero-order chi connectivity index (χ0) is 18.1. The van der Waals surface area contributed by atoms with Gasteiger partial charge < -0.3 is 9.64 Å². The van der Waals surface area contributed by atoms with E-state index in [9.17, 15) is 5.26 Å². The first kappa shape index (κ1) is 18.8. The van der Waals surface area contributed by atoms with Gasteiger partial charge in [-0.15, -0.1) is 0 Å². The van der Waals surface area contributed by atoms with Crippen molar-refractivity contribution < 1.29 is 4.74 Å². The minimum atomic E-state index is -0.517. The smallest absolute Gasteiger partial charge is 0.262 e. The van der Waals surface area contributed by atoms with Gasteiger partial charge in [0.05, 0.1) is 30.3 Å². The molecule has 5 nitrogen and oxygen atoms in total. The average Bonchev–Trinajstić information content (AvgIpc) is 2.95. The summed E-state index contributed by atoms with van der Waals surface area (Å²) in [5.74, 6) is 0.906. The number of hydrogen-bond donors (Lipinski definition) is 0. The predicted octanol–water partition coefficient (Wildman–Crippen LogP) is 4.63. The second-order valence-electron chi connectivity index (χ2n) is 4.84. The van der Waals surface area contributed by atoms with Gasteiger partial charge in [-0.3, -0.25) is 0 Å². The quantitative estimate of drug-likeness (QED) is 0.601. The summed E-state index contributed by atoms with van der Waals surface area (Å²) in [6, 6.07) is 11.6. The Labute approximate surface area is 143 Å². The summed E-state index contributed by atoms with van der Waals surface area (Å²) in [6.45, 7) is 12.6. The van der Waals surface area contributed by atoms with E-state index < -0.39 is 5.92 Å². The first-order valence-corrected chi connectivity index (χ1v) is 7.71. The Bertz CT molecular complexity index is 756. The Kier molecular flexibility index (Phi) is 7.08. The van der Waals surface area contributed by atoms with Gasteiger partial charge in [0.15, 0.2) is 11.6 Å². The van der Waals surface area contributed by atoms with Crippen molar-refractivity contribution in [3.05, 3.63) is 58.9 Å². The van der Waals surface area contributed by atoms with Crippen molar-refractivity contribution in [3.63, 3.8) is 0 Å². The minimum absolute atomic E-state index is 0.0195. The fourth-order valence-corrected chi connectivity index (χ4v) is 2.21. The molecule has 0 spiro atoms. The molecular formula is C19H20N4O. The molecule has 1 aliphatic heterocycles. The lowest BCUT2D eigenvalue weighted by Crippen LogP contribution is -2.14. The number of fused-ring (bicyclic) bond motifs is 1. The molecule has 1 heterocycles. The van der Waals surface area contributed by atoms with Gasteiger partial charge >= 0.3 is 0 Å². The highest BCUT2D eigenvalue weighted by Crippen LogP contribution is 2.37. The Morgan fingerprint density at radius 2 is 2.04 bits per heavy atom. The third-order valence-electron chi connectivity index (χ3n) is 3.57. The van der Waals surface area contributed by atoms with Gasteiger partial charge in [-0.1, -0.05) is 32.9 Å². The molecule has 1 aromatic rings. The van der Waals surface area contributed by atoms with E-state index in [-0.39, 0.29) is 5.70 Å². The SMILES string of the molecule is CC.[C-]#[N+]/C(C#N)=C(/C)C(C#N)CC=C1Oc2ccccc2N1C. The fraction of sp³-hybridized carbons (Fsp3) is 0.316. The van der Waals surface area contributed by atoms with Crippen LogP contribution in [0.2, 0.25) is 0 Å². The molecule has 1 aromatic carbocycles. The van der Waals surface area contributed by atoms with E-state index in [1.807, 2.05) is 62.2 Å². The van der Waals surface area contributed by atoms with Gasteiger partial charge in [-0.05, 0) is 30.2 Å². The summed E-state index contributed by atoms with van der Waals surface area (Å²) < 4.78 is 5.74. The van der Waals surface area contributed by atoms with Crippen molar-refractivity contribution in [1.29, 1.82) is 10.5 Å². The van der Waals surface area contributed by atoms with Crippen LogP contribution in [0, 0.1) is 35.2 Å². The molecule has 0 aromatic heterocycles. The molecule has 0 amide bonds. The van der Waals surface area contributed by atoms with Crippen LogP contribution in [-0.4, -0.2) is 7.05 Å². The molecule has 0 saturated heterocycles. The van der Waals surface area contributed by atoms with Crippen molar-refractivity contribution in [3.8, 4) is 17.9 Å². The summed E-state index contributed by atoms with van der Waals surface area (Å²) in [5.41, 5.74) is 1.44. The van der Waals surface area contributed by atoms with Crippen LogP contribution in [0.25, 0.3) is 4.85 Å². The molecule has 0 fully saturated rings. The Morgan fingerprint density at radius 3 is 2.58 bits per heavy atom. The van der Waals surface area contributed by atoms with Gasteiger partial charge in [0, 0.05) is 7.05 Å². The van der Waals surface area contributed by atoms with Crippen molar-refractivity contribution in [2.45, 2.75) is 27.2 Å². The van der Waals surface area contributed by atoms with Crippen LogP contribution in [-0.2, 0) is 0 Å². The van der Waals surface area contributed by atoms with Gasteiger partial charge in [0.1, 0.15) is 0 Å². The van der Waals surface area contributed by atoms with E-state index in [1.54, 1.807) is 6.92 Å².